The Kier molecular flexibility index (Phi) is 4.89. The summed E-state index contributed by atoms with van der Waals surface area (Å²) in [6.07, 6.45) is 4.65. The molecule has 0 bridgehead atoms. The van der Waals surface area contributed by atoms with Crippen molar-refractivity contribution in [1.29, 1.82) is 0 Å². The van der Waals surface area contributed by atoms with E-state index in [2.05, 4.69) is 39.5 Å². The van der Waals surface area contributed by atoms with Gasteiger partial charge in [-0.1, -0.05) is 30.3 Å². The van der Waals surface area contributed by atoms with Crippen LogP contribution in [-0.4, -0.2) is 29.2 Å². The average molecular weight is 331 g/mol. The summed E-state index contributed by atoms with van der Waals surface area (Å²) in [4.78, 5) is 15.7. The van der Waals surface area contributed by atoms with Gasteiger partial charge in [0.1, 0.15) is 0 Å². The normalized spacial score (nSPS) is 12.2. The summed E-state index contributed by atoms with van der Waals surface area (Å²) in [6.45, 7) is 3.59. The number of ketones is 1. The number of carbonyl (C=O) groups excluding carboxylic acids is 1. The predicted molar refractivity (Wildman–Crippen MR) is 103 cm³/mol. The van der Waals surface area contributed by atoms with Crippen molar-refractivity contribution in [3.8, 4) is 0 Å². The number of hydrogen-bond acceptors (Lipinski definition) is 3. The van der Waals surface area contributed by atoms with E-state index in [1.54, 1.807) is 14.0 Å². The molecule has 1 N–H and O–H groups in total. The van der Waals surface area contributed by atoms with Crippen molar-refractivity contribution in [2.24, 2.45) is 4.99 Å². The van der Waals surface area contributed by atoms with E-state index in [9.17, 15) is 4.79 Å². The first-order valence-electron chi connectivity index (χ1n) is 8.28. The summed E-state index contributed by atoms with van der Waals surface area (Å²) >= 11 is 0. The minimum Gasteiger partial charge on any atom is -0.296 e. The van der Waals surface area contributed by atoms with Gasteiger partial charge < -0.3 is 0 Å². The summed E-state index contributed by atoms with van der Waals surface area (Å²) < 4.78 is 0. The Hall–Kier alpha value is -3.01. The Labute approximate surface area is 147 Å². The quantitative estimate of drug-likeness (QED) is 0.554. The number of H-pyrrole nitrogens is 1. The van der Waals surface area contributed by atoms with Gasteiger partial charge in [0.2, 0.25) is 0 Å². The Morgan fingerprint density at radius 1 is 1.16 bits per heavy atom. The molecule has 0 radical (unpaired) electrons. The highest BCUT2D eigenvalue weighted by molar-refractivity contribution is 6.09. The van der Waals surface area contributed by atoms with Crippen molar-refractivity contribution in [3.63, 3.8) is 0 Å². The van der Waals surface area contributed by atoms with Crippen LogP contribution in [0.5, 0.6) is 0 Å². The maximum Gasteiger partial charge on any atom is 0.159 e. The molecular weight excluding hydrogens is 310 g/mol. The molecule has 2 aromatic carbocycles. The maximum atomic E-state index is 11.6. The lowest BCUT2D eigenvalue weighted by atomic mass is 10.0. The fourth-order valence-corrected chi connectivity index (χ4v) is 2.89. The molecule has 126 valence electrons. The van der Waals surface area contributed by atoms with E-state index < -0.39 is 0 Å². The van der Waals surface area contributed by atoms with Crippen LogP contribution >= 0.6 is 0 Å². The summed E-state index contributed by atoms with van der Waals surface area (Å²) in [5.41, 5.74) is 6.05. The van der Waals surface area contributed by atoms with Crippen LogP contribution in [0.25, 0.3) is 16.5 Å². The van der Waals surface area contributed by atoms with Crippen molar-refractivity contribution in [2.45, 2.75) is 20.3 Å². The predicted octanol–water partition coefficient (Wildman–Crippen LogP) is 4.46. The minimum atomic E-state index is 0.0647. The minimum absolute atomic E-state index is 0.0647. The molecule has 1 aromatic heterocycles. The van der Waals surface area contributed by atoms with Gasteiger partial charge in [-0.3, -0.25) is 14.9 Å². The maximum absolute atomic E-state index is 11.6. The van der Waals surface area contributed by atoms with Crippen LogP contribution in [0.1, 0.15) is 41.0 Å². The van der Waals surface area contributed by atoms with Gasteiger partial charge >= 0.3 is 0 Å². The summed E-state index contributed by atoms with van der Waals surface area (Å²) in [5.74, 6) is 0.0647. The number of allylic oxidation sites excluding steroid dienone is 2. The molecule has 0 saturated heterocycles. The van der Waals surface area contributed by atoms with Crippen LogP contribution in [0.4, 0.5) is 0 Å². The van der Waals surface area contributed by atoms with Gasteiger partial charge in [-0.05, 0) is 48.7 Å². The fourth-order valence-electron chi connectivity index (χ4n) is 2.89. The smallest absolute Gasteiger partial charge is 0.159 e. The number of nitrogens with one attached hydrogen (secondary N) is 1. The second kappa shape index (κ2) is 7.26. The van der Waals surface area contributed by atoms with Gasteiger partial charge in [0, 0.05) is 36.3 Å². The number of aromatic amines is 1. The van der Waals surface area contributed by atoms with E-state index in [4.69, 9.17) is 0 Å². The molecule has 0 unspecified atom stereocenters. The highest BCUT2D eigenvalue weighted by Crippen LogP contribution is 2.22. The first-order chi connectivity index (χ1) is 12.1. The number of rotatable bonds is 5. The lowest BCUT2D eigenvalue weighted by molar-refractivity contribution is 0.101. The molecule has 0 aliphatic rings. The third-order valence-electron chi connectivity index (χ3n) is 4.29. The molecule has 1 heterocycles. The third-order valence-corrected chi connectivity index (χ3v) is 4.29. The van der Waals surface area contributed by atoms with Crippen LogP contribution in [-0.2, 0) is 6.42 Å². The van der Waals surface area contributed by atoms with Gasteiger partial charge in [-0.25, -0.2) is 0 Å². The van der Waals surface area contributed by atoms with Gasteiger partial charge in [0.05, 0.1) is 5.52 Å². The largest absolute Gasteiger partial charge is 0.296 e. The van der Waals surface area contributed by atoms with Crippen LogP contribution in [0, 0.1) is 0 Å². The number of Topliss-reactive ketones (excluding diaryl/α,β-unsaturated/α-hetero) is 1. The summed E-state index contributed by atoms with van der Waals surface area (Å²) in [6, 6.07) is 14.1. The number of aliphatic imine (C=N–C) groups is 1. The number of hydrogen-bond donors (Lipinski definition) is 1. The Morgan fingerprint density at radius 2 is 1.88 bits per heavy atom. The van der Waals surface area contributed by atoms with Crippen molar-refractivity contribution in [3.05, 3.63) is 70.9 Å². The molecule has 0 saturated carbocycles. The molecule has 0 amide bonds. The third kappa shape index (κ3) is 3.58. The SMILES string of the molecule is C/C=C(\C=NC)c1ccc(Cc2[nH]nc3ccc(C(C)=O)cc23)cc1. The Morgan fingerprint density at radius 3 is 2.52 bits per heavy atom. The van der Waals surface area contributed by atoms with Gasteiger partial charge in [-0.2, -0.15) is 5.10 Å². The van der Waals surface area contributed by atoms with Gasteiger partial charge in [0.25, 0.3) is 0 Å². The van der Waals surface area contributed by atoms with E-state index in [0.717, 1.165) is 34.2 Å². The molecule has 0 aliphatic heterocycles. The molecule has 4 heteroatoms. The zero-order valence-corrected chi connectivity index (χ0v) is 14.7. The van der Waals surface area contributed by atoms with Crippen LogP contribution in [0.15, 0.2) is 53.5 Å². The molecule has 3 aromatic rings. The molecule has 0 aliphatic carbocycles. The molecule has 0 atom stereocenters. The van der Waals surface area contributed by atoms with E-state index in [0.29, 0.717) is 5.56 Å². The second-order valence-corrected chi connectivity index (χ2v) is 6.00. The number of carbonyl (C=O) groups is 1. The first kappa shape index (κ1) is 16.8. The molecule has 4 nitrogen and oxygen atoms in total. The van der Waals surface area contributed by atoms with Crippen LogP contribution in [0.3, 0.4) is 0 Å². The van der Waals surface area contributed by atoms with Crippen molar-refractivity contribution in [2.75, 3.05) is 7.05 Å². The van der Waals surface area contributed by atoms with Crippen LogP contribution in [0.2, 0.25) is 0 Å². The average Bonchev–Trinajstić information content (AvgIpc) is 3.02. The fraction of sp³-hybridized carbons (Fsp3) is 0.190. The molecule has 3 rings (SSSR count). The molecule has 25 heavy (non-hydrogen) atoms. The first-order valence-corrected chi connectivity index (χ1v) is 8.28. The van der Waals surface area contributed by atoms with E-state index >= 15 is 0 Å². The second-order valence-electron chi connectivity index (χ2n) is 6.00. The lowest BCUT2D eigenvalue weighted by Crippen LogP contribution is -1.93. The number of nitrogens with zero attached hydrogens (tertiary/aromatic N) is 2. The Bertz CT molecular complexity index is 962. The zero-order valence-electron chi connectivity index (χ0n) is 14.7. The van der Waals surface area contributed by atoms with Gasteiger partial charge in [0.15, 0.2) is 5.78 Å². The van der Waals surface area contributed by atoms with Crippen molar-refractivity contribution < 1.29 is 4.79 Å². The number of aromatic nitrogens is 2. The highest BCUT2D eigenvalue weighted by Gasteiger charge is 2.09. The van der Waals surface area contributed by atoms with E-state index in [-0.39, 0.29) is 5.78 Å². The molecule has 0 fully saturated rings. The number of benzene rings is 2. The Balaban J connectivity index is 1.88. The zero-order chi connectivity index (χ0) is 17.8. The molecular formula is C21H21N3O. The topological polar surface area (TPSA) is 58.1 Å². The lowest BCUT2D eigenvalue weighted by Gasteiger charge is -2.05. The standard InChI is InChI=1S/C21H21N3O/c1-4-16(13-22-3)17-7-5-15(6-8-17)11-21-19-12-18(14(2)25)9-10-20(19)23-24-21/h4-10,12-13H,11H2,1-3H3,(H,23,24)/b16-4+,22-13?. The monoisotopic (exact) mass is 331 g/mol. The van der Waals surface area contributed by atoms with Gasteiger partial charge in [-0.15, -0.1) is 0 Å². The van der Waals surface area contributed by atoms with Crippen molar-refractivity contribution >= 4 is 28.5 Å². The van der Waals surface area contributed by atoms with Crippen molar-refractivity contribution in [1.82, 2.24) is 10.2 Å². The van der Waals surface area contributed by atoms with Crippen LogP contribution < -0.4 is 0 Å². The number of fused-ring (bicyclic) bond motifs is 1. The summed E-state index contributed by atoms with van der Waals surface area (Å²) in [5, 5.41) is 8.44. The summed E-state index contributed by atoms with van der Waals surface area (Å²) in [7, 11) is 1.77. The molecule has 0 spiro atoms. The van der Waals surface area contributed by atoms with E-state index in [1.807, 2.05) is 37.4 Å². The van der Waals surface area contributed by atoms with E-state index in [1.165, 1.54) is 5.56 Å². The highest BCUT2D eigenvalue weighted by atomic mass is 16.1.